The highest BCUT2D eigenvalue weighted by Gasteiger charge is 2.26. The van der Waals surface area contributed by atoms with Crippen LogP contribution in [-0.4, -0.2) is 45.3 Å². The van der Waals surface area contributed by atoms with Crippen molar-refractivity contribution in [3.63, 3.8) is 0 Å². The van der Waals surface area contributed by atoms with Gasteiger partial charge in [0, 0.05) is 5.92 Å². The van der Waals surface area contributed by atoms with E-state index in [2.05, 4.69) is 0 Å². The lowest BCUT2D eigenvalue weighted by molar-refractivity contribution is -0.0641. The molecular formula is C8H18O4. The summed E-state index contributed by atoms with van der Waals surface area (Å²) in [5.41, 5.74) is 0. The zero-order chi connectivity index (χ0) is 9.72. The van der Waals surface area contributed by atoms with Crippen LogP contribution in [0.1, 0.15) is 20.3 Å². The van der Waals surface area contributed by atoms with Crippen molar-refractivity contribution in [3.05, 3.63) is 0 Å². The van der Waals surface area contributed by atoms with Crippen molar-refractivity contribution in [2.75, 3.05) is 6.61 Å². The number of hydrogen-bond donors (Lipinski definition) is 4. The molecule has 4 nitrogen and oxygen atoms in total. The molecule has 0 amide bonds. The van der Waals surface area contributed by atoms with Gasteiger partial charge in [0.25, 0.3) is 0 Å². The largest absolute Gasteiger partial charge is 0.394 e. The van der Waals surface area contributed by atoms with Gasteiger partial charge in [-0.05, 0) is 6.42 Å². The van der Waals surface area contributed by atoms with Gasteiger partial charge in [-0.2, -0.15) is 0 Å². The highest BCUT2D eigenvalue weighted by atomic mass is 16.3. The number of aliphatic hydroxyl groups is 4. The molecule has 0 rings (SSSR count). The molecule has 0 aliphatic heterocycles. The topological polar surface area (TPSA) is 80.9 Å². The van der Waals surface area contributed by atoms with Crippen LogP contribution in [-0.2, 0) is 0 Å². The van der Waals surface area contributed by atoms with Gasteiger partial charge < -0.3 is 20.4 Å². The summed E-state index contributed by atoms with van der Waals surface area (Å²) in [5.74, 6) is -0.509. The van der Waals surface area contributed by atoms with Crippen LogP contribution >= 0.6 is 0 Å². The van der Waals surface area contributed by atoms with Crippen molar-refractivity contribution in [1.29, 1.82) is 0 Å². The maximum absolute atomic E-state index is 9.37. The Balaban J connectivity index is 3.99. The second kappa shape index (κ2) is 5.48. The predicted octanol–water partition coefficient (Wildman–Crippen LogP) is -0.893. The second-order valence-corrected chi connectivity index (χ2v) is 3.08. The molecule has 4 unspecified atom stereocenters. The first-order valence-electron chi connectivity index (χ1n) is 4.19. The molecule has 0 aliphatic rings. The Labute approximate surface area is 72.5 Å². The first kappa shape index (κ1) is 11.8. The van der Waals surface area contributed by atoms with Gasteiger partial charge in [0.05, 0.1) is 24.9 Å². The maximum atomic E-state index is 9.37. The standard InChI is InChI=1S/C8H18O4/c1-3-6(10)8(12)5(2)7(11)4-9/h5-12H,3-4H2,1-2H3. The van der Waals surface area contributed by atoms with Gasteiger partial charge in [0.1, 0.15) is 0 Å². The van der Waals surface area contributed by atoms with E-state index in [0.29, 0.717) is 6.42 Å². The van der Waals surface area contributed by atoms with E-state index in [0.717, 1.165) is 0 Å². The highest BCUT2D eigenvalue weighted by Crippen LogP contribution is 2.13. The molecule has 0 aromatic heterocycles. The molecule has 0 aliphatic carbocycles. The Morgan fingerprint density at radius 1 is 1.08 bits per heavy atom. The lowest BCUT2D eigenvalue weighted by atomic mass is 9.93. The third-order valence-corrected chi connectivity index (χ3v) is 2.15. The normalized spacial score (nSPS) is 21.5. The zero-order valence-corrected chi connectivity index (χ0v) is 7.51. The summed E-state index contributed by atoms with van der Waals surface area (Å²) in [7, 11) is 0. The van der Waals surface area contributed by atoms with E-state index >= 15 is 0 Å². The van der Waals surface area contributed by atoms with Crippen molar-refractivity contribution in [2.24, 2.45) is 5.92 Å². The summed E-state index contributed by atoms with van der Waals surface area (Å²) in [6.45, 7) is 2.94. The minimum Gasteiger partial charge on any atom is -0.394 e. The first-order chi connectivity index (χ1) is 5.54. The maximum Gasteiger partial charge on any atom is 0.0849 e. The van der Waals surface area contributed by atoms with Crippen molar-refractivity contribution in [1.82, 2.24) is 0 Å². The lowest BCUT2D eigenvalue weighted by Gasteiger charge is -2.25. The second-order valence-electron chi connectivity index (χ2n) is 3.08. The van der Waals surface area contributed by atoms with E-state index in [1.165, 1.54) is 0 Å². The summed E-state index contributed by atoms with van der Waals surface area (Å²) in [5, 5.41) is 36.3. The van der Waals surface area contributed by atoms with Crippen LogP contribution < -0.4 is 0 Å². The van der Waals surface area contributed by atoms with Gasteiger partial charge in [-0.25, -0.2) is 0 Å². The molecule has 0 spiro atoms. The minimum absolute atomic E-state index is 0.394. The highest BCUT2D eigenvalue weighted by molar-refractivity contribution is 4.76. The number of aliphatic hydroxyl groups excluding tert-OH is 4. The molecule has 0 radical (unpaired) electrons. The summed E-state index contributed by atoms with van der Waals surface area (Å²) >= 11 is 0. The van der Waals surface area contributed by atoms with E-state index in [-0.39, 0.29) is 0 Å². The summed E-state index contributed by atoms with van der Waals surface area (Å²) in [4.78, 5) is 0. The quantitative estimate of drug-likeness (QED) is 0.440. The third-order valence-electron chi connectivity index (χ3n) is 2.15. The van der Waals surface area contributed by atoms with Gasteiger partial charge >= 0.3 is 0 Å². The molecule has 74 valence electrons. The van der Waals surface area contributed by atoms with E-state index in [9.17, 15) is 10.2 Å². The van der Waals surface area contributed by atoms with Crippen molar-refractivity contribution in [2.45, 2.75) is 38.6 Å². The number of hydrogen-bond acceptors (Lipinski definition) is 4. The molecule has 0 fully saturated rings. The summed E-state index contributed by atoms with van der Waals surface area (Å²) in [6, 6.07) is 0. The van der Waals surface area contributed by atoms with Gasteiger partial charge in [-0.15, -0.1) is 0 Å². The van der Waals surface area contributed by atoms with Crippen molar-refractivity contribution in [3.8, 4) is 0 Å². The van der Waals surface area contributed by atoms with Gasteiger partial charge in [0.2, 0.25) is 0 Å². The summed E-state index contributed by atoms with van der Waals surface area (Å²) < 4.78 is 0. The fourth-order valence-corrected chi connectivity index (χ4v) is 0.986. The van der Waals surface area contributed by atoms with Crippen LogP contribution in [0.15, 0.2) is 0 Å². The predicted molar refractivity (Wildman–Crippen MR) is 44.6 cm³/mol. The van der Waals surface area contributed by atoms with E-state index < -0.39 is 30.8 Å². The van der Waals surface area contributed by atoms with E-state index in [1.807, 2.05) is 0 Å². The van der Waals surface area contributed by atoms with Crippen LogP contribution in [0.2, 0.25) is 0 Å². The van der Waals surface area contributed by atoms with Crippen LogP contribution in [0.25, 0.3) is 0 Å². The lowest BCUT2D eigenvalue weighted by Crippen LogP contribution is -2.39. The van der Waals surface area contributed by atoms with Crippen LogP contribution in [0.4, 0.5) is 0 Å². The van der Waals surface area contributed by atoms with Crippen LogP contribution in [0.3, 0.4) is 0 Å². The smallest absolute Gasteiger partial charge is 0.0849 e. The minimum atomic E-state index is -0.975. The summed E-state index contributed by atoms with van der Waals surface area (Å²) in [6.07, 6.45) is -2.34. The van der Waals surface area contributed by atoms with Gasteiger partial charge in [0.15, 0.2) is 0 Å². The first-order valence-corrected chi connectivity index (χ1v) is 4.19. The van der Waals surface area contributed by atoms with Crippen LogP contribution in [0.5, 0.6) is 0 Å². The Bertz CT molecular complexity index is 104. The molecule has 4 atom stereocenters. The Kier molecular flexibility index (Phi) is 5.41. The zero-order valence-electron chi connectivity index (χ0n) is 7.51. The monoisotopic (exact) mass is 178 g/mol. The van der Waals surface area contributed by atoms with Crippen LogP contribution in [0, 0.1) is 5.92 Å². The van der Waals surface area contributed by atoms with Gasteiger partial charge in [-0.1, -0.05) is 13.8 Å². The molecule has 4 N–H and O–H groups in total. The SMILES string of the molecule is CCC(O)C(O)C(C)C(O)CO. The average Bonchev–Trinajstić information content (AvgIpc) is 2.12. The van der Waals surface area contributed by atoms with E-state index in [1.54, 1.807) is 13.8 Å². The molecule has 0 saturated carbocycles. The van der Waals surface area contributed by atoms with Crippen molar-refractivity contribution < 1.29 is 20.4 Å². The van der Waals surface area contributed by atoms with Crippen molar-refractivity contribution >= 4 is 0 Å². The molecule has 0 heterocycles. The Morgan fingerprint density at radius 3 is 1.92 bits per heavy atom. The van der Waals surface area contributed by atoms with E-state index in [4.69, 9.17) is 10.2 Å². The Hall–Kier alpha value is -0.160. The molecular weight excluding hydrogens is 160 g/mol. The average molecular weight is 178 g/mol. The molecule has 0 aromatic carbocycles. The van der Waals surface area contributed by atoms with Gasteiger partial charge in [-0.3, -0.25) is 0 Å². The number of rotatable bonds is 5. The molecule has 0 saturated heterocycles. The molecule has 4 heteroatoms. The third kappa shape index (κ3) is 3.06. The Morgan fingerprint density at radius 2 is 1.58 bits per heavy atom. The molecule has 0 aromatic rings. The fraction of sp³-hybridized carbons (Fsp3) is 1.00. The fourth-order valence-electron chi connectivity index (χ4n) is 0.986. The molecule has 12 heavy (non-hydrogen) atoms. The molecule has 0 bridgehead atoms.